The van der Waals surface area contributed by atoms with Crippen molar-refractivity contribution in [3.8, 4) is 0 Å². The van der Waals surface area contributed by atoms with Gasteiger partial charge in [0.15, 0.2) is 0 Å². The van der Waals surface area contributed by atoms with E-state index in [4.69, 9.17) is 0 Å². The Morgan fingerprint density at radius 2 is 1.00 bits per heavy atom. The van der Waals surface area contributed by atoms with Crippen molar-refractivity contribution in [3.05, 3.63) is 35.4 Å². The van der Waals surface area contributed by atoms with Gasteiger partial charge in [0.1, 0.15) is 0 Å². The third-order valence-electron chi connectivity index (χ3n) is 5.30. The number of hydrogen-bond acceptors (Lipinski definition) is 2. The molecule has 0 saturated heterocycles. The van der Waals surface area contributed by atoms with Crippen LogP contribution < -0.4 is 0 Å². The van der Waals surface area contributed by atoms with E-state index < -0.39 is 0 Å². The molecule has 24 heavy (non-hydrogen) atoms. The standard InChI is InChI=1S/C22H38O2/c1-17(23)9-7-15-21(3,4)19-11-13-20(14-12-19)22(5,6)16-8-10-18(2)24/h11-14,17-18,23-24H,7-10,15-16H2,1-6H3. The molecule has 0 aliphatic heterocycles. The van der Waals surface area contributed by atoms with E-state index in [1.165, 1.54) is 11.1 Å². The SMILES string of the molecule is CC(O)CCCC(C)(C)c1ccc(C(C)(C)CCCC(C)O)cc1. The van der Waals surface area contributed by atoms with E-state index >= 15 is 0 Å². The summed E-state index contributed by atoms with van der Waals surface area (Å²) in [7, 11) is 0. The van der Waals surface area contributed by atoms with E-state index in [1.807, 2.05) is 13.8 Å². The Balaban J connectivity index is 2.69. The fourth-order valence-electron chi connectivity index (χ4n) is 3.34. The lowest BCUT2D eigenvalue weighted by molar-refractivity contribution is 0.177. The zero-order valence-corrected chi connectivity index (χ0v) is 16.6. The summed E-state index contributed by atoms with van der Waals surface area (Å²) in [4.78, 5) is 0. The molecule has 0 heterocycles. The molecular weight excluding hydrogens is 296 g/mol. The summed E-state index contributed by atoms with van der Waals surface area (Å²) in [6.07, 6.45) is 5.63. The molecule has 0 fully saturated rings. The summed E-state index contributed by atoms with van der Waals surface area (Å²) in [6.45, 7) is 12.9. The van der Waals surface area contributed by atoms with Crippen LogP contribution in [0.5, 0.6) is 0 Å². The van der Waals surface area contributed by atoms with Gasteiger partial charge in [-0.15, -0.1) is 0 Å². The van der Waals surface area contributed by atoms with Gasteiger partial charge in [0.25, 0.3) is 0 Å². The Morgan fingerprint density at radius 3 is 1.25 bits per heavy atom. The average molecular weight is 335 g/mol. The molecule has 2 N–H and O–H groups in total. The molecule has 2 heteroatoms. The summed E-state index contributed by atoms with van der Waals surface area (Å²) in [6, 6.07) is 9.09. The molecular formula is C22H38O2. The van der Waals surface area contributed by atoms with Crippen molar-refractivity contribution in [3.63, 3.8) is 0 Å². The van der Waals surface area contributed by atoms with E-state index in [-0.39, 0.29) is 23.0 Å². The van der Waals surface area contributed by atoms with Gasteiger partial charge in [-0.05, 0) is 61.5 Å². The summed E-state index contributed by atoms with van der Waals surface area (Å²) >= 11 is 0. The molecule has 0 bridgehead atoms. The van der Waals surface area contributed by atoms with Crippen LogP contribution in [0.15, 0.2) is 24.3 Å². The molecule has 2 unspecified atom stereocenters. The first kappa shape index (κ1) is 21.2. The fraction of sp³-hybridized carbons (Fsp3) is 0.727. The van der Waals surface area contributed by atoms with Gasteiger partial charge in [0.05, 0.1) is 12.2 Å². The Bertz CT molecular complexity index is 424. The average Bonchev–Trinajstić information content (AvgIpc) is 2.46. The molecule has 2 atom stereocenters. The van der Waals surface area contributed by atoms with Gasteiger partial charge in [-0.25, -0.2) is 0 Å². The topological polar surface area (TPSA) is 40.5 Å². The van der Waals surface area contributed by atoms with Crippen LogP contribution in [-0.2, 0) is 10.8 Å². The molecule has 0 saturated carbocycles. The number of rotatable bonds is 10. The smallest absolute Gasteiger partial charge is 0.0512 e. The summed E-state index contributed by atoms with van der Waals surface area (Å²) < 4.78 is 0. The van der Waals surface area contributed by atoms with Crippen LogP contribution in [0.2, 0.25) is 0 Å². The lowest BCUT2D eigenvalue weighted by Gasteiger charge is -2.29. The largest absolute Gasteiger partial charge is 0.393 e. The molecule has 138 valence electrons. The van der Waals surface area contributed by atoms with Crippen molar-refractivity contribution in [2.24, 2.45) is 0 Å². The minimum absolute atomic E-state index is 0.143. The number of aliphatic hydroxyl groups is 2. The van der Waals surface area contributed by atoms with E-state index in [2.05, 4.69) is 52.0 Å². The first-order valence-electron chi connectivity index (χ1n) is 9.52. The van der Waals surface area contributed by atoms with Crippen molar-refractivity contribution in [1.82, 2.24) is 0 Å². The zero-order chi connectivity index (χ0) is 18.4. The highest BCUT2D eigenvalue weighted by Crippen LogP contribution is 2.33. The van der Waals surface area contributed by atoms with Crippen molar-refractivity contribution in [2.75, 3.05) is 0 Å². The Morgan fingerprint density at radius 1 is 0.708 bits per heavy atom. The van der Waals surface area contributed by atoms with E-state index in [1.54, 1.807) is 0 Å². The van der Waals surface area contributed by atoms with Crippen molar-refractivity contribution >= 4 is 0 Å². The van der Waals surface area contributed by atoms with Crippen LogP contribution in [0.3, 0.4) is 0 Å². The number of hydrogen-bond donors (Lipinski definition) is 2. The van der Waals surface area contributed by atoms with Gasteiger partial charge in [-0.3, -0.25) is 0 Å². The van der Waals surface area contributed by atoms with E-state index in [0.29, 0.717) is 0 Å². The van der Waals surface area contributed by atoms with Crippen LogP contribution in [0.4, 0.5) is 0 Å². The van der Waals surface area contributed by atoms with Gasteiger partial charge >= 0.3 is 0 Å². The van der Waals surface area contributed by atoms with Crippen molar-refractivity contribution < 1.29 is 10.2 Å². The van der Waals surface area contributed by atoms with E-state index in [9.17, 15) is 10.2 Å². The summed E-state index contributed by atoms with van der Waals surface area (Å²) in [5.41, 5.74) is 3.03. The monoisotopic (exact) mass is 334 g/mol. The fourth-order valence-corrected chi connectivity index (χ4v) is 3.34. The lowest BCUT2D eigenvalue weighted by Crippen LogP contribution is -2.20. The molecule has 1 aromatic rings. The Hall–Kier alpha value is -0.860. The summed E-state index contributed by atoms with van der Waals surface area (Å²) in [5.74, 6) is 0. The molecule has 2 nitrogen and oxygen atoms in total. The minimum atomic E-state index is -0.203. The first-order valence-corrected chi connectivity index (χ1v) is 9.52. The highest BCUT2D eigenvalue weighted by Gasteiger charge is 2.23. The van der Waals surface area contributed by atoms with E-state index in [0.717, 1.165) is 38.5 Å². The molecule has 0 amide bonds. The Labute approximate surface area is 149 Å². The predicted octanol–water partition coefficient (Wildman–Crippen LogP) is 5.34. The second kappa shape index (κ2) is 9.01. The van der Waals surface area contributed by atoms with Crippen LogP contribution in [0.1, 0.15) is 91.2 Å². The Kier molecular flexibility index (Phi) is 7.95. The highest BCUT2D eigenvalue weighted by atomic mass is 16.3. The maximum absolute atomic E-state index is 9.44. The second-order valence-electron chi connectivity index (χ2n) is 8.83. The molecule has 0 aliphatic rings. The van der Waals surface area contributed by atoms with Gasteiger partial charge in [-0.2, -0.15) is 0 Å². The van der Waals surface area contributed by atoms with Gasteiger partial charge in [-0.1, -0.05) is 64.8 Å². The minimum Gasteiger partial charge on any atom is -0.393 e. The number of benzene rings is 1. The maximum atomic E-state index is 9.44. The molecule has 1 rings (SSSR count). The van der Waals surface area contributed by atoms with Crippen molar-refractivity contribution in [1.29, 1.82) is 0 Å². The molecule has 1 aromatic carbocycles. The number of aliphatic hydroxyl groups excluding tert-OH is 2. The van der Waals surface area contributed by atoms with Gasteiger partial charge in [0, 0.05) is 0 Å². The van der Waals surface area contributed by atoms with Crippen LogP contribution in [0, 0.1) is 0 Å². The normalized spacial score (nSPS) is 15.3. The van der Waals surface area contributed by atoms with Crippen LogP contribution >= 0.6 is 0 Å². The van der Waals surface area contributed by atoms with Gasteiger partial charge in [0.2, 0.25) is 0 Å². The highest BCUT2D eigenvalue weighted by molar-refractivity contribution is 5.31. The van der Waals surface area contributed by atoms with Crippen molar-refractivity contribution in [2.45, 2.75) is 103 Å². The predicted molar refractivity (Wildman–Crippen MR) is 104 cm³/mol. The first-order chi connectivity index (χ1) is 11.0. The third-order valence-corrected chi connectivity index (χ3v) is 5.30. The lowest BCUT2D eigenvalue weighted by atomic mass is 9.76. The second-order valence-corrected chi connectivity index (χ2v) is 8.83. The van der Waals surface area contributed by atoms with Gasteiger partial charge < -0.3 is 10.2 Å². The molecule has 0 aliphatic carbocycles. The van der Waals surface area contributed by atoms with Crippen LogP contribution in [0.25, 0.3) is 0 Å². The zero-order valence-electron chi connectivity index (χ0n) is 16.6. The summed E-state index contributed by atoms with van der Waals surface area (Å²) in [5, 5.41) is 18.9. The molecule has 0 radical (unpaired) electrons. The molecule has 0 spiro atoms. The molecule has 0 aromatic heterocycles. The third kappa shape index (κ3) is 6.94. The van der Waals surface area contributed by atoms with Crippen LogP contribution in [-0.4, -0.2) is 22.4 Å². The maximum Gasteiger partial charge on any atom is 0.0512 e. The quantitative estimate of drug-likeness (QED) is 0.606.